The molecule has 0 amide bonds. The lowest BCUT2D eigenvalue weighted by molar-refractivity contribution is 0.262. The Morgan fingerprint density at radius 2 is 0.800 bits per heavy atom. The van der Waals surface area contributed by atoms with Crippen LogP contribution in [0.15, 0.2) is 24.3 Å². The number of unbranched alkanes of at least 4 members (excludes halogenated alkanes) is 6. The van der Waals surface area contributed by atoms with Gasteiger partial charge in [0.15, 0.2) is 23.0 Å². The summed E-state index contributed by atoms with van der Waals surface area (Å²) >= 11 is 5.29. The van der Waals surface area contributed by atoms with Crippen LogP contribution in [0.25, 0.3) is 33.1 Å². The van der Waals surface area contributed by atoms with E-state index in [-0.39, 0.29) is 0 Å². The van der Waals surface area contributed by atoms with E-state index in [9.17, 15) is 0 Å². The molecule has 5 rings (SSSR count). The van der Waals surface area contributed by atoms with Crippen LogP contribution in [-0.2, 0) is 0 Å². The molecule has 0 fully saturated rings. The first kappa shape index (κ1) is 39.3. The van der Waals surface area contributed by atoms with Gasteiger partial charge in [-0.3, -0.25) is 0 Å². The Balaban J connectivity index is 1.77. The summed E-state index contributed by atoms with van der Waals surface area (Å²) in [5.74, 6) is 3.52. The number of benzene rings is 3. The molecule has 0 radical (unpaired) electrons. The van der Waals surface area contributed by atoms with Gasteiger partial charge in [-0.05, 0) is 154 Å². The van der Waals surface area contributed by atoms with Crippen molar-refractivity contribution in [1.82, 2.24) is 0 Å². The van der Waals surface area contributed by atoms with Crippen molar-refractivity contribution in [3.05, 3.63) is 53.7 Å². The van der Waals surface area contributed by atoms with Crippen molar-refractivity contribution in [3.8, 4) is 23.0 Å². The maximum absolute atomic E-state index is 6.51. The van der Waals surface area contributed by atoms with E-state index in [1.165, 1.54) is 62.5 Å². The normalized spacial score (nSPS) is 13.3. The van der Waals surface area contributed by atoms with E-state index in [0.29, 0.717) is 26.4 Å². The van der Waals surface area contributed by atoms with Crippen molar-refractivity contribution in [2.45, 2.75) is 131 Å². The van der Waals surface area contributed by atoms with Crippen LogP contribution in [0.2, 0.25) is 0 Å². The summed E-state index contributed by atoms with van der Waals surface area (Å²) in [7, 11) is 0. The van der Waals surface area contributed by atoms with E-state index in [0.717, 1.165) is 113 Å². The molecule has 0 aliphatic heterocycles. The van der Waals surface area contributed by atoms with Crippen LogP contribution in [0.3, 0.4) is 0 Å². The first-order valence-corrected chi connectivity index (χ1v) is 21.8. The van der Waals surface area contributed by atoms with Crippen LogP contribution in [0.1, 0.15) is 154 Å². The van der Waals surface area contributed by atoms with E-state index in [1.807, 2.05) is 0 Å². The van der Waals surface area contributed by atoms with E-state index in [4.69, 9.17) is 18.9 Å². The molecule has 272 valence electrons. The highest BCUT2D eigenvalue weighted by atomic mass is 127. The van der Waals surface area contributed by atoms with Crippen molar-refractivity contribution >= 4 is 78.2 Å². The topological polar surface area (TPSA) is 36.9 Å². The van der Waals surface area contributed by atoms with E-state index >= 15 is 0 Å². The van der Waals surface area contributed by atoms with Crippen molar-refractivity contribution in [1.29, 1.82) is 0 Å². The van der Waals surface area contributed by atoms with Crippen LogP contribution in [0, 0.1) is 7.14 Å². The number of allylic oxidation sites excluding steroid dienone is 4. The van der Waals surface area contributed by atoms with Gasteiger partial charge in [-0.25, -0.2) is 0 Å². The van der Waals surface area contributed by atoms with Gasteiger partial charge in [0.2, 0.25) is 0 Å². The number of fused-ring (bicyclic) bond motifs is 6. The third-order valence-electron chi connectivity index (χ3n) is 9.91. The molecule has 6 heteroatoms. The monoisotopic (exact) mass is 904 g/mol. The molecule has 0 atom stereocenters. The predicted octanol–water partition coefficient (Wildman–Crippen LogP) is 14.3. The van der Waals surface area contributed by atoms with Crippen LogP contribution >= 0.6 is 45.2 Å². The molecule has 0 saturated carbocycles. The first-order chi connectivity index (χ1) is 24.4. The fraction of sp³-hybridized carbons (Fsp3) is 0.545. The van der Waals surface area contributed by atoms with Crippen molar-refractivity contribution in [3.63, 3.8) is 0 Å². The number of halogens is 2. The van der Waals surface area contributed by atoms with Gasteiger partial charge in [-0.2, -0.15) is 0 Å². The highest BCUT2D eigenvalue weighted by molar-refractivity contribution is 14.1. The lowest BCUT2D eigenvalue weighted by atomic mass is 9.91. The number of hydrogen-bond acceptors (Lipinski definition) is 4. The average molecular weight is 905 g/mol. The standard InChI is InChI=1S/C44H58I2O4/c1-7-13-19-29-31-25-35(47-21-15-9-3)36(48-22-16-10-4)26-32(31)39-30(20-14-8-2)41-42(40(29)39)44(46)34-28-38(50-24-18-12-6)37(49-23-17-11-5)27-33(34)43(41)45/h25-28H,7-24H2,1-6H3. The predicted molar refractivity (Wildman–Crippen MR) is 230 cm³/mol. The largest absolute Gasteiger partial charge is 0.490 e. The molecule has 0 heterocycles. The molecule has 3 aromatic carbocycles. The summed E-state index contributed by atoms with van der Waals surface area (Å²) in [5.41, 5.74) is 11.3. The van der Waals surface area contributed by atoms with E-state index in [2.05, 4.69) is 111 Å². The van der Waals surface area contributed by atoms with Crippen LogP contribution in [0.5, 0.6) is 23.0 Å². The minimum atomic E-state index is 0.699. The molecule has 2 aliphatic carbocycles. The van der Waals surface area contributed by atoms with Gasteiger partial charge in [-0.1, -0.05) is 80.1 Å². The van der Waals surface area contributed by atoms with Gasteiger partial charge < -0.3 is 18.9 Å². The van der Waals surface area contributed by atoms with Gasteiger partial charge in [0, 0.05) is 29.0 Å². The fourth-order valence-electron chi connectivity index (χ4n) is 7.05. The zero-order valence-corrected chi connectivity index (χ0v) is 35.7. The molecule has 0 spiro atoms. The maximum Gasteiger partial charge on any atom is 0.161 e. The fourth-order valence-corrected chi connectivity index (χ4v) is 9.08. The van der Waals surface area contributed by atoms with Crippen LogP contribution < -0.4 is 18.9 Å². The summed E-state index contributed by atoms with van der Waals surface area (Å²) in [5, 5.41) is 2.52. The highest BCUT2D eigenvalue weighted by Gasteiger charge is 2.40. The quantitative estimate of drug-likeness (QED) is 0.0744. The zero-order chi connectivity index (χ0) is 35.6. The average Bonchev–Trinajstić information content (AvgIpc) is 3.61. The van der Waals surface area contributed by atoms with E-state index < -0.39 is 0 Å². The van der Waals surface area contributed by atoms with Crippen LogP contribution in [0.4, 0.5) is 0 Å². The lowest BCUT2D eigenvalue weighted by Gasteiger charge is -2.20. The summed E-state index contributed by atoms with van der Waals surface area (Å²) in [6, 6.07) is 9.20. The van der Waals surface area contributed by atoms with Crippen molar-refractivity contribution in [2.75, 3.05) is 26.4 Å². The second-order valence-corrected chi connectivity index (χ2v) is 15.9. The summed E-state index contributed by atoms with van der Waals surface area (Å²) in [6.45, 7) is 16.3. The van der Waals surface area contributed by atoms with Crippen LogP contribution in [-0.4, -0.2) is 26.4 Å². The number of rotatable bonds is 22. The molecular weight excluding hydrogens is 846 g/mol. The summed E-state index contributed by atoms with van der Waals surface area (Å²) < 4.78 is 28.5. The van der Waals surface area contributed by atoms with Crippen molar-refractivity contribution < 1.29 is 18.9 Å². The Morgan fingerprint density at radius 1 is 0.420 bits per heavy atom. The first-order valence-electron chi connectivity index (χ1n) is 19.6. The summed E-state index contributed by atoms with van der Waals surface area (Å²) in [4.78, 5) is 0. The molecule has 0 aromatic heterocycles. The molecule has 3 aromatic rings. The highest BCUT2D eigenvalue weighted by Crippen LogP contribution is 2.61. The minimum Gasteiger partial charge on any atom is -0.490 e. The Labute approximate surface area is 329 Å². The molecule has 0 bridgehead atoms. The van der Waals surface area contributed by atoms with Gasteiger partial charge in [0.25, 0.3) is 0 Å². The molecule has 0 N–H and O–H groups in total. The molecule has 0 saturated heterocycles. The second-order valence-electron chi connectivity index (χ2n) is 13.8. The number of hydrogen-bond donors (Lipinski definition) is 0. The van der Waals surface area contributed by atoms with Crippen molar-refractivity contribution in [2.24, 2.45) is 0 Å². The second kappa shape index (κ2) is 19.2. The Morgan fingerprint density at radius 3 is 1.24 bits per heavy atom. The maximum atomic E-state index is 6.51. The number of ether oxygens (including phenoxy) is 4. The molecule has 4 nitrogen and oxygen atoms in total. The van der Waals surface area contributed by atoms with Gasteiger partial charge >= 0.3 is 0 Å². The van der Waals surface area contributed by atoms with Gasteiger partial charge in [0.1, 0.15) is 0 Å². The van der Waals surface area contributed by atoms with Gasteiger partial charge in [0.05, 0.1) is 26.4 Å². The SMILES string of the molecule is CCCCOc1cc2c(cc1OCCCC)C1=C(CCCC)c3c(c(I)c4cc(OCCCC)c(OCCCC)cc4c3I)C1=C2CCCC. The third kappa shape index (κ3) is 8.31. The third-order valence-corrected chi connectivity index (χ3v) is 12.2. The molecule has 0 unspecified atom stereocenters. The Hall–Kier alpha value is -1.94. The van der Waals surface area contributed by atoms with E-state index in [1.54, 1.807) is 0 Å². The Bertz CT molecular complexity index is 1700. The lowest BCUT2D eigenvalue weighted by Crippen LogP contribution is -2.04. The molecule has 50 heavy (non-hydrogen) atoms. The Kier molecular flexibility index (Phi) is 15.1. The minimum absolute atomic E-state index is 0.699. The zero-order valence-electron chi connectivity index (χ0n) is 31.4. The molecular formula is C44H58I2O4. The van der Waals surface area contributed by atoms with Gasteiger partial charge in [-0.15, -0.1) is 0 Å². The smallest absolute Gasteiger partial charge is 0.161 e. The summed E-state index contributed by atoms with van der Waals surface area (Å²) in [6.07, 6.45) is 15.3. The molecule has 2 aliphatic rings.